The highest BCUT2D eigenvalue weighted by atomic mass is 15.2. The van der Waals surface area contributed by atoms with Gasteiger partial charge in [0.25, 0.3) is 0 Å². The SMILES string of the molecule is c1ccc(-c2ccc(N(c3ccccc3)c3cc(N(c4ccccc4)c4cc5ccccc5cc4-c4ccc5ccccc5c4)cc4ccccc34)cc2)cc1. The zero-order chi connectivity index (χ0) is 37.3. The zero-order valence-electron chi connectivity index (χ0n) is 30.8. The Morgan fingerprint density at radius 1 is 0.232 bits per heavy atom. The molecule has 0 aliphatic heterocycles. The molecule has 0 fully saturated rings. The summed E-state index contributed by atoms with van der Waals surface area (Å²) >= 11 is 0. The molecule has 2 nitrogen and oxygen atoms in total. The van der Waals surface area contributed by atoms with Crippen molar-refractivity contribution >= 4 is 66.4 Å². The maximum Gasteiger partial charge on any atom is 0.0560 e. The van der Waals surface area contributed by atoms with Crippen molar-refractivity contribution in [1.82, 2.24) is 0 Å². The lowest BCUT2D eigenvalue weighted by Crippen LogP contribution is -2.14. The van der Waals surface area contributed by atoms with Crippen LogP contribution in [-0.4, -0.2) is 0 Å². The van der Waals surface area contributed by atoms with Crippen LogP contribution in [-0.2, 0) is 0 Å². The lowest BCUT2D eigenvalue weighted by molar-refractivity contribution is 1.26. The van der Waals surface area contributed by atoms with E-state index in [-0.39, 0.29) is 0 Å². The molecule has 10 rings (SSSR count). The van der Waals surface area contributed by atoms with Crippen molar-refractivity contribution in [2.24, 2.45) is 0 Å². The molecule has 264 valence electrons. The Hall–Kier alpha value is -7.42. The highest BCUT2D eigenvalue weighted by molar-refractivity contribution is 6.05. The van der Waals surface area contributed by atoms with E-state index in [2.05, 4.69) is 240 Å². The normalized spacial score (nSPS) is 11.2. The minimum absolute atomic E-state index is 1.07. The van der Waals surface area contributed by atoms with Crippen molar-refractivity contribution in [3.05, 3.63) is 231 Å². The molecule has 0 aliphatic rings. The molecular formula is C54H38N2. The number of benzene rings is 10. The molecule has 0 heterocycles. The Bertz CT molecular complexity index is 2960. The van der Waals surface area contributed by atoms with Crippen LogP contribution in [0.2, 0.25) is 0 Å². The number of rotatable bonds is 8. The molecule has 2 heteroatoms. The van der Waals surface area contributed by atoms with Gasteiger partial charge in [0.15, 0.2) is 0 Å². The predicted molar refractivity (Wildman–Crippen MR) is 239 cm³/mol. The number of anilines is 6. The highest BCUT2D eigenvalue weighted by Gasteiger charge is 2.23. The van der Waals surface area contributed by atoms with Gasteiger partial charge in [-0.15, -0.1) is 0 Å². The lowest BCUT2D eigenvalue weighted by Gasteiger charge is -2.32. The van der Waals surface area contributed by atoms with Crippen LogP contribution in [0.4, 0.5) is 34.1 Å². The van der Waals surface area contributed by atoms with Gasteiger partial charge in [0.05, 0.1) is 11.4 Å². The number of nitrogens with zero attached hydrogens (tertiary/aromatic N) is 2. The molecular weight excluding hydrogens is 677 g/mol. The molecule has 10 aromatic carbocycles. The molecule has 0 spiro atoms. The van der Waals surface area contributed by atoms with Crippen molar-refractivity contribution in [3.63, 3.8) is 0 Å². The van der Waals surface area contributed by atoms with E-state index in [0.29, 0.717) is 0 Å². The van der Waals surface area contributed by atoms with Gasteiger partial charge in [-0.05, 0) is 110 Å². The topological polar surface area (TPSA) is 6.48 Å². The maximum atomic E-state index is 2.44. The predicted octanol–water partition coefficient (Wildman–Crippen LogP) is 15.4. The maximum absolute atomic E-state index is 2.44. The van der Waals surface area contributed by atoms with Crippen molar-refractivity contribution in [2.45, 2.75) is 0 Å². The molecule has 0 unspecified atom stereocenters. The van der Waals surface area contributed by atoms with E-state index < -0.39 is 0 Å². The van der Waals surface area contributed by atoms with Gasteiger partial charge in [-0.2, -0.15) is 0 Å². The van der Waals surface area contributed by atoms with Gasteiger partial charge in [0.1, 0.15) is 0 Å². The van der Waals surface area contributed by atoms with Crippen LogP contribution in [0.15, 0.2) is 231 Å². The number of hydrogen-bond acceptors (Lipinski definition) is 2. The van der Waals surface area contributed by atoms with Crippen LogP contribution in [0.3, 0.4) is 0 Å². The third-order valence-corrected chi connectivity index (χ3v) is 10.8. The van der Waals surface area contributed by atoms with E-state index in [4.69, 9.17) is 0 Å². The molecule has 10 aromatic rings. The van der Waals surface area contributed by atoms with Crippen LogP contribution >= 0.6 is 0 Å². The smallest absolute Gasteiger partial charge is 0.0560 e. The van der Waals surface area contributed by atoms with Gasteiger partial charge < -0.3 is 9.80 Å². The fourth-order valence-electron chi connectivity index (χ4n) is 8.03. The van der Waals surface area contributed by atoms with E-state index in [9.17, 15) is 0 Å². The minimum Gasteiger partial charge on any atom is -0.310 e. The lowest BCUT2D eigenvalue weighted by atomic mass is 9.95. The van der Waals surface area contributed by atoms with Gasteiger partial charge in [-0.25, -0.2) is 0 Å². The Morgan fingerprint density at radius 3 is 1.36 bits per heavy atom. The monoisotopic (exact) mass is 714 g/mol. The van der Waals surface area contributed by atoms with Crippen LogP contribution in [0.5, 0.6) is 0 Å². The van der Waals surface area contributed by atoms with E-state index in [1.54, 1.807) is 0 Å². The minimum atomic E-state index is 1.07. The molecule has 0 saturated heterocycles. The summed E-state index contributed by atoms with van der Waals surface area (Å²) in [5.74, 6) is 0. The van der Waals surface area contributed by atoms with Gasteiger partial charge >= 0.3 is 0 Å². The van der Waals surface area contributed by atoms with Crippen LogP contribution in [0.1, 0.15) is 0 Å². The van der Waals surface area contributed by atoms with Gasteiger partial charge in [0, 0.05) is 33.7 Å². The summed E-state index contributed by atoms with van der Waals surface area (Å²) in [7, 11) is 0. The molecule has 56 heavy (non-hydrogen) atoms. The first-order valence-corrected chi connectivity index (χ1v) is 19.2. The summed E-state index contributed by atoms with van der Waals surface area (Å²) in [6, 6.07) is 83.3. The quantitative estimate of drug-likeness (QED) is 0.155. The second kappa shape index (κ2) is 14.4. The molecule has 0 amide bonds. The summed E-state index contributed by atoms with van der Waals surface area (Å²) in [6.45, 7) is 0. The Balaban J connectivity index is 1.23. The van der Waals surface area contributed by atoms with Crippen molar-refractivity contribution < 1.29 is 0 Å². The van der Waals surface area contributed by atoms with E-state index in [0.717, 1.165) is 39.5 Å². The average molecular weight is 715 g/mol. The van der Waals surface area contributed by atoms with Gasteiger partial charge in [-0.3, -0.25) is 0 Å². The van der Waals surface area contributed by atoms with Crippen molar-refractivity contribution in [3.8, 4) is 22.3 Å². The zero-order valence-corrected chi connectivity index (χ0v) is 30.8. The Kier molecular flexibility index (Phi) is 8.55. The van der Waals surface area contributed by atoms with Crippen LogP contribution in [0.25, 0.3) is 54.6 Å². The first kappa shape index (κ1) is 33.2. The molecule has 0 atom stereocenters. The molecule has 0 saturated carbocycles. The van der Waals surface area contributed by atoms with E-state index in [1.165, 1.54) is 49.2 Å². The highest BCUT2D eigenvalue weighted by Crippen LogP contribution is 2.47. The summed E-state index contributed by atoms with van der Waals surface area (Å²) in [6.07, 6.45) is 0. The number of para-hydroxylation sites is 2. The molecule has 0 radical (unpaired) electrons. The second-order valence-corrected chi connectivity index (χ2v) is 14.2. The second-order valence-electron chi connectivity index (χ2n) is 14.2. The van der Waals surface area contributed by atoms with Gasteiger partial charge in [0.2, 0.25) is 0 Å². The molecule has 0 aromatic heterocycles. The molecule has 0 aliphatic carbocycles. The summed E-state index contributed by atoms with van der Waals surface area (Å²) in [5, 5.41) is 7.19. The molecule has 0 N–H and O–H groups in total. The van der Waals surface area contributed by atoms with Crippen LogP contribution < -0.4 is 9.80 Å². The summed E-state index contributed by atoms with van der Waals surface area (Å²) in [5.41, 5.74) is 11.3. The molecule has 0 bridgehead atoms. The summed E-state index contributed by atoms with van der Waals surface area (Å²) in [4.78, 5) is 4.84. The first-order chi connectivity index (χ1) is 27.8. The van der Waals surface area contributed by atoms with Crippen molar-refractivity contribution in [1.29, 1.82) is 0 Å². The average Bonchev–Trinajstić information content (AvgIpc) is 3.27. The largest absolute Gasteiger partial charge is 0.310 e. The Labute approximate surface area is 327 Å². The first-order valence-electron chi connectivity index (χ1n) is 19.2. The van der Waals surface area contributed by atoms with Gasteiger partial charge in [-0.1, -0.05) is 164 Å². The van der Waals surface area contributed by atoms with E-state index in [1.807, 2.05) is 0 Å². The fourth-order valence-corrected chi connectivity index (χ4v) is 8.03. The van der Waals surface area contributed by atoms with E-state index >= 15 is 0 Å². The standard InChI is InChI=1S/C54H38N2/c1-4-16-39(17-5-1)41-30-32-49(33-31-41)55(47-23-6-2-7-24-47)54-38-50(35-45-22-14-15-27-51(45)54)56(48-25-8-3-9-26-48)53-37-44-21-13-12-20-43(44)36-52(53)46-29-28-40-18-10-11-19-42(40)34-46/h1-38H. The number of fused-ring (bicyclic) bond motifs is 3. The fraction of sp³-hybridized carbons (Fsp3) is 0. The third kappa shape index (κ3) is 6.24. The Morgan fingerprint density at radius 2 is 0.696 bits per heavy atom. The number of hydrogen-bond donors (Lipinski definition) is 0. The van der Waals surface area contributed by atoms with Crippen LogP contribution in [0, 0.1) is 0 Å². The van der Waals surface area contributed by atoms with Crippen molar-refractivity contribution in [2.75, 3.05) is 9.80 Å². The summed E-state index contributed by atoms with van der Waals surface area (Å²) < 4.78 is 0. The third-order valence-electron chi connectivity index (χ3n) is 10.8.